The highest BCUT2D eigenvalue weighted by molar-refractivity contribution is 9.10. The lowest BCUT2D eigenvalue weighted by Gasteiger charge is -2.07. The number of aromatic nitrogens is 1. The first-order valence-corrected chi connectivity index (χ1v) is 4.26. The van der Waals surface area contributed by atoms with Crippen molar-refractivity contribution in [3.05, 3.63) is 21.9 Å². The molecule has 1 aromatic rings. The summed E-state index contributed by atoms with van der Waals surface area (Å²) >= 11 is 2.88. The number of hydrogen-bond acceptors (Lipinski definition) is 3. The zero-order valence-corrected chi connectivity index (χ0v) is 8.38. The maximum absolute atomic E-state index is 12.4. The summed E-state index contributed by atoms with van der Waals surface area (Å²) < 4.78 is 24.8. The molecule has 1 heterocycles. The molecule has 0 saturated carbocycles. The third-order valence-corrected chi connectivity index (χ3v) is 2.14. The molecule has 1 amide bonds. The summed E-state index contributed by atoms with van der Waals surface area (Å²) in [5, 5.41) is 0. The quantitative estimate of drug-likeness (QED) is 0.795. The fraction of sp³-hybridized carbons (Fsp3) is 0.143. The fourth-order valence-electron chi connectivity index (χ4n) is 0.883. The number of nitrogens with zero attached hydrogens (tertiary/aromatic N) is 1. The molecule has 0 aliphatic rings. The van der Waals surface area contributed by atoms with Crippen molar-refractivity contribution in [3.63, 3.8) is 0 Å². The van der Waals surface area contributed by atoms with Gasteiger partial charge in [0.15, 0.2) is 0 Å². The fourth-order valence-corrected chi connectivity index (χ4v) is 1.19. The monoisotopic (exact) mass is 265 g/mol. The van der Waals surface area contributed by atoms with E-state index in [-0.39, 0.29) is 15.9 Å². The second-order valence-electron chi connectivity index (χ2n) is 2.47. The zero-order chi connectivity index (χ0) is 10.9. The maximum atomic E-state index is 12.4. The lowest BCUT2D eigenvalue weighted by molar-refractivity contribution is 0.0983. The summed E-state index contributed by atoms with van der Waals surface area (Å²) in [5.74, 6) is -0.980. The Morgan fingerprint density at radius 3 is 2.57 bits per heavy atom. The van der Waals surface area contributed by atoms with E-state index < -0.39 is 18.0 Å². The van der Waals surface area contributed by atoms with Gasteiger partial charge < -0.3 is 11.5 Å². The van der Waals surface area contributed by atoms with Gasteiger partial charge in [-0.2, -0.15) is 0 Å². The summed E-state index contributed by atoms with van der Waals surface area (Å²) in [7, 11) is 0. The molecule has 0 atom stereocenters. The van der Waals surface area contributed by atoms with Gasteiger partial charge >= 0.3 is 0 Å². The molecule has 0 radical (unpaired) electrons. The van der Waals surface area contributed by atoms with E-state index in [4.69, 9.17) is 11.5 Å². The first-order chi connectivity index (χ1) is 6.43. The standard InChI is InChI=1S/C7H6BrF2N3O/c8-5-3(11)1-2(7(12)14)4(13-5)6(9)10/h1,6H,11H2,(H2,12,14). The number of rotatable bonds is 2. The lowest BCUT2D eigenvalue weighted by Crippen LogP contribution is -2.16. The van der Waals surface area contributed by atoms with Gasteiger partial charge in [0.05, 0.1) is 11.3 Å². The predicted octanol–water partition coefficient (Wildman–Crippen LogP) is 1.46. The third kappa shape index (κ3) is 1.98. The Balaban J connectivity index is 3.39. The van der Waals surface area contributed by atoms with Crippen molar-refractivity contribution < 1.29 is 13.6 Å². The Kier molecular flexibility index (Phi) is 3.00. The lowest BCUT2D eigenvalue weighted by atomic mass is 10.2. The molecule has 0 aromatic carbocycles. The normalized spacial score (nSPS) is 10.6. The molecule has 0 fully saturated rings. The second kappa shape index (κ2) is 3.87. The van der Waals surface area contributed by atoms with Gasteiger partial charge in [0, 0.05) is 0 Å². The number of halogens is 3. The molecule has 0 spiro atoms. The highest BCUT2D eigenvalue weighted by Crippen LogP contribution is 2.26. The number of carbonyl (C=O) groups excluding carboxylic acids is 1. The maximum Gasteiger partial charge on any atom is 0.281 e. The predicted molar refractivity (Wildman–Crippen MR) is 49.8 cm³/mol. The van der Waals surface area contributed by atoms with Gasteiger partial charge in [-0.3, -0.25) is 4.79 Å². The SMILES string of the molecule is NC(=O)c1cc(N)c(Br)nc1C(F)F. The van der Waals surface area contributed by atoms with E-state index >= 15 is 0 Å². The van der Waals surface area contributed by atoms with Gasteiger partial charge in [0.25, 0.3) is 12.3 Å². The molecule has 0 bridgehead atoms. The van der Waals surface area contributed by atoms with Gasteiger partial charge in [-0.25, -0.2) is 13.8 Å². The van der Waals surface area contributed by atoms with Crippen LogP contribution in [0.25, 0.3) is 0 Å². The summed E-state index contributed by atoms with van der Waals surface area (Å²) in [6, 6.07) is 1.07. The first kappa shape index (κ1) is 10.8. The largest absolute Gasteiger partial charge is 0.397 e. The van der Waals surface area contributed by atoms with Crippen LogP contribution in [0.1, 0.15) is 22.5 Å². The molecule has 4 N–H and O–H groups in total. The van der Waals surface area contributed by atoms with Crippen LogP contribution in [0.3, 0.4) is 0 Å². The smallest absolute Gasteiger partial charge is 0.281 e. The number of anilines is 1. The van der Waals surface area contributed by atoms with Crippen molar-refractivity contribution in [1.29, 1.82) is 0 Å². The van der Waals surface area contributed by atoms with E-state index in [9.17, 15) is 13.6 Å². The Morgan fingerprint density at radius 2 is 2.14 bits per heavy atom. The number of carbonyl (C=O) groups is 1. The van der Waals surface area contributed by atoms with Crippen LogP contribution in [0.15, 0.2) is 10.7 Å². The summed E-state index contributed by atoms with van der Waals surface area (Å²) in [4.78, 5) is 14.2. The van der Waals surface area contributed by atoms with Crippen molar-refractivity contribution in [2.45, 2.75) is 6.43 Å². The van der Waals surface area contributed by atoms with Crippen LogP contribution in [-0.4, -0.2) is 10.9 Å². The molecule has 0 aliphatic carbocycles. The van der Waals surface area contributed by atoms with E-state index in [1.165, 1.54) is 0 Å². The van der Waals surface area contributed by atoms with Crippen molar-refractivity contribution in [2.24, 2.45) is 5.73 Å². The van der Waals surface area contributed by atoms with E-state index in [2.05, 4.69) is 20.9 Å². The molecule has 4 nitrogen and oxygen atoms in total. The van der Waals surface area contributed by atoms with Crippen molar-refractivity contribution in [1.82, 2.24) is 4.98 Å². The molecule has 0 saturated heterocycles. The van der Waals surface area contributed by atoms with Crippen molar-refractivity contribution >= 4 is 27.5 Å². The summed E-state index contributed by atoms with van der Waals surface area (Å²) in [5.41, 5.74) is 9.31. The number of hydrogen-bond donors (Lipinski definition) is 2. The summed E-state index contributed by atoms with van der Waals surface area (Å²) in [6.45, 7) is 0. The average Bonchev–Trinajstić information content (AvgIpc) is 2.08. The number of pyridine rings is 1. The van der Waals surface area contributed by atoms with Gasteiger partial charge in [0.2, 0.25) is 0 Å². The number of amides is 1. The molecule has 0 aliphatic heterocycles. The molecule has 14 heavy (non-hydrogen) atoms. The van der Waals surface area contributed by atoms with Crippen LogP contribution in [0.4, 0.5) is 14.5 Å². The van der Waals surface area contributed by atoms with Crippen molar-refractivity contribution in [2.75, 3.05) is 5.73 Å². The van der Waals surface area contributed by atoms with Gasteiger partial charge in [-0.1, -0.05) is 0 Å². The van der Waals surface area contributed by atoms with Crippen LogP contribution in [0, 0.1) is 0 Å². The Hall–Kier alpha value is -1.24. The van der Waals surface area contributed by atoms with Crippen LogP contribution in [0.2, 0.25) is 0 Å². The van der Waals surface area contributed by atoms with Gasteiger partial charge in [0.1, 0.15) is 10.3 Å². The van der Waals surface area contributed by atoms with Crippen LogP contribution >= 0.6 is 15.9 Å². The average molecular weight is 266 g/mol. The molecule has 1 aromatic heterocycles. The van der Waals surface area contributed by atoms with Crippen molar-refractivity contribution in [3.8, 4) is 0 Å². The Morgan fingerprint density at radius 1 is 1.57 bits per heavy atom. The molecule has 76 valence electrons. The minimum Gasteiger partial charge on any atom is -0.397 e. The Bertz CT molecular complexity index is 383. The number of nitrogen functional groups attached to an aromatic ring is 1. The number of alkyl halides is 2. The highest BCUT2D eigenvalue weighted by atomic mass is 79.9. The van der Waals surface area contributed by atoms with E-state index in [0.29, 0.717) is 0 Å². The summed E-state index contributed by atoms with van der Waals surface area (Å²) in [6.07, 6.45) is -2.87. The van der Waals surface area contributed by atoms with E-state index in [1.807, 2.05) is 0 Å². The Labute approximate surface area is 86.4 Å². The number of primary amides is 1. The van der Waals surface area contributed by atoms with E-state index in [1.54, 1.807) is 0 Å². The highest BCUT2D eigenvalue weighted by Gasteiger charge is 2.20. The van der Waals surface area contributed by atoms with E-state index in [0.717, 1.165) is 6.07 Å². The van der Waals surface area contributed by atoms with Gasteiger partial charge in [-0.05, 0) is 22.0 Å². The van der Waals surface area contributed by atoms with Crippen LogP contribution in [-0.2, 0) is 0 Å². The molecule has 1 rings (SSSR count). The third-order valence-electron chi connectivity index (χ3n) is 1.50. The minimum atomic E-state index is -2.87. The first-order valence-electron chi connectivity index (χ1n) is 3.47. The topological polar surface area (TPSA) is 82.0 Å². The zero-order valence-electron chi connectivity index (χ0n) is 6.80. The molecular formula is C7H6BrF2N3O. The molecule has 0 unspecified atom stereocenters. The number of nitrogens with two attached hydrogens (primary N) is 2. The van der Waals surface area contributed by atoms with Crippen LogP contribution in [0.5, 0.6) is 0 Å². The second-order valence-corrected chi connectivity index (χ2v) is 3.22. The molecule has 7 heteroatoms. The minimum absolute atomic E-state index is 0.0674. The molecular weight excluding hydrogens is 260 g/mol. The van der Waals surface area contributed by atoms with Crippen LogP contribution < -0.4 is 11.5 Å². The van der Waals surface area contributed by atoms with Gasteiger partial charge in [-0.15, -0.1) is 0 Å².